The molecule has 0 aliphatic heterocycles. The van der Waals surface area contributed by atoms with Crippen molar-refractivity contribution in [3.63, 3.8) is 0 Å². The Morgan fingerprint density at radius 1 is 1.36 bits per heavy atom. The molecular weight excluding hydrogens is 299 g/mol. The number of alkyl halides is 3. The van der Waals surface area contributed by atoms with E-state index in [2.05, 4.69) is 10.6 Å². The van der Waals surface area contributed by atoms with Crippen LogP contribution in [0.15, 0.2) is 18.2 Å². The van der Waals surface area contributed by atoms with Gasteiger partial charge in [0.05, 0.1) is 16.9 Å². The number of aliphatic hydroxyl groups is 1. The highest BCUT2D eigenvalue weighted by molar-refractivity contribution is 5.93. The molecule has 0 aliphatic carbocycles. The molecule has 0 saturated heterocycles. The Kier molecular flexibility index (Phi) is 6.04. The van der Waals surface area contributed by atoms with E-state index in [1.807, 2.05) is 0 Å². The number of hydrogen-bond acceptors (Lipinski definition) is 3. The molecule has 0 bridgehead atoms. The number of urea groups is 1. The van der Waals surface area contributed by atoms with Crippen LogP contribution in [0.3, 0.4) is 0 Å². The first-order chi connectivity index (χ1) is 10.1. The number of carbonyl (C=O) groups excluding carboxylic acids is 1. The van der Waals surface area contributed by atoms with Gasteiger partial charge in [0.25, 0.3) is 0 Å². The fraction of sp³-hybridized carbons (Fsp3) is 0.500. The number of aliphatic hydroxyl groups excluding tert-OH is 1. The second-order valence-electron chi connectivity index (χ2n) is 5.14. The number of rotatable bonds is 5. The topological polar surface area (TPSA) is 64.6 Å². The van der Waals surface area contributed by atoms with Gasteiger partial charge in [-0.25, -0.2) is 4.79 Å². The molecule has 0 unspecified atom stereocenters. The summed E-state index contributed by atoms with van der Waals surface area (Å²) in [5, 5.41) is 13.7. The Morgan fingerprint density at radius 3 is 2.50 bits per heavy atom. The Bertz CT molecular complexity index is 519. The van der Waals surface area contributed by atoms with Crippen molar-refractivity contribution in [2.24, 2.45) is 0 Å². The van der Waals surface area contributed by atoms with Crippen LogP contribution >= 0.6 is 0 Å². The number of anilines is 2. The van der Waals surface area contributed by atoms with Crippen molar-refractivity contribution in [1.29, 1.82) is 0 Å². The van der Waals surface area contributed by atoms with E-state index in [0.29, 0.717) is 12.1 Å². The zero-order chi connectivity index (χ0) is 16.9. The molecule has 124 valence electrons. The number of nitrogens with zero attached hydrogens (tertiary/aromatic N) is 1. The molecule has 1 atom stereocenters. The van der Waals surface area contributed by atoms with Gasteiger partial charge in [0.2, 0.25) is 0 Å². The maximum Gasteiger partial charge on any atom is 0.416 e. The molecule has 2 amide bonds. The molecule has 0 saturated carbocycles. The van der Waals surface area contributed by atoms with Crippen LogP contribution in [0.4, 0.5) is 29.3 Å². The summed E-state index contributed by atoms with van der Waals surface area (Å²) in [5.74, 6) is 0. The molecule has 3 N–H and O–H groups in total. The van der Waals surface area contributed by atoms with Crippen molar-refractivity contribution < 1.29 is 23.1 Å². The summed E-state index contributed by atoms with van der Waals surface area (Å²) in [6.07, 6.45) is -4.13. The van der Waals surface area contributed by atoms with E-state index in [4.69, 9.17) is 5.11 Å². The summed E-state index contributed by atoms with van der Waals surface area (Å²) >= 11 is 0. The maximum absolute atomic E-state index is 12.8. The predicted octanol–water partition coefficient (Wildman–Crippen LogP) is 2.66. The van der Waals surface area contributed by atoms with Crippen molar-refractivity contribution in [1.82, 2.24) is 5.32 Å². The van der Waals surface area contributed by atoms with Crippen LogP contribution in [0.2, 0.25) is 0 Å². The van der Waals surface area contributed by atoms with Crippen LogP contribution in [0.25, 0.3) is 0 Å². The van der Waals surface area contributed by atoms with Crippen LogP contribution in [0.5, 0.6) is 0 Å². The molecule has 1 aromatic rings. The van der Waals surface area contributed by atoms with Crippen molar-refractivity contribution in [2.45, 2.75) is 25.6 Å². The molecule has 0 spiro atoms. The minimum absolute atomic E-state index is 0.0634. The van der Waals surface area contributed by atoms with Gasteiger partial charge in [-0.2, -0.15) is 13.2 Å². The predicted molar refractivity (Wildman–Crippen MR) is 79.1 cm³/mol. The first-order valence-electron chi connectivity index (χ1n) is 6.72. The van der Waals surface area contributed by atoms with Crippen LogP contribution in [-0.4, -0.2) is 37.9 Å². The van der Waals surface area contributed by atoms with Crippen LogP contribution in [-0.2, 0) is 6.18 Å². The smallest absolute Gasteiger partial charge is 0.396 e. The first kappa shape index (κ1) is 18.1. The van der Waals surface area contributed by atoms with Gasteiger partial charge in [-0.05, 0) is 31.5 Å². The highest BCUT2D eigenvalue weighted by Crippen LogP contribution is 2.34. The van der Waals surface area contributed by atoms with E-state index in [1.54, 1.807) is 25.9 Å². The average molecular weight is 319 g/mol. The fourth-order valence-electron chi connectivity index (χ4n) is 1.85. The van der Waals surface area contributed by atoms with E-state index in [0.717, 1.165) is 12.1 Å². The number of amides is 2. The first-order valence-corrected chi connectivity index (χ1v) is 6.72. The molecule has 0 fully saturated rings. The zero-order valence-corrected chi connectivity index (χ0v) is 12.7. The Balaban J connectivity index is 2.97. The van der Waals surface area contributed by atoms with Gasteiger partial charge in [-0.3, -0.25) is 0 Å². The molecular formula is C14H20F3N3O2. The van der Waals surface area contributed by atoms with Crippen LogP contribution in [0, 0.1) is 0 Å². The summed E-state index contributed by atoms with van der Waals surface area (Å²) in [7, 11) is 3.33. The van der Waals surface area contributed by atoms with Gasteiger partial charge in [-0.1, -0.05) is 0 Å². The minimum atomic E-state index is -4.48. The molecule has 0 radical (unpaired) electrons. The molecule has 22 heavy (non-hydrogen) atoms. The van der Waals surface area contributed by atoms with Crippen molar-refractivity contribution >= 4 is 17.4 Å². The lowest BCUT2D eigenvalue weighted by atomic mass is 10.1. The third-order valence-corrected chi connectivity index (χ3v) is 2.99. The zero-order valence-electron chi connectivity index (χ0n) is 12.7. The molecule has 0 aliphatic rings. The largest absolute Gasteiger partial charge is 0.416 e. The lowest BCUT2D eigenvalue weighted by molar-refractivity contribution is -0.137. The van der Waals surface area contributed by atoms with Crippen molar-refractivity contribution in [2.75, 3.05) is 30.9 Å². The molecule has 0 heterocycles. The monoisotopic (exact) mass is 319 g/mol. The van der Waals surface area contributed by atoms with Gasteiger partial charge >= 0.3 is 12.2 Å². The quantitative estimate of drug-likeness (QED) is 0.782. The van der Waals surface area contributed by atoms with Crippen molar-refractivity contribution in [3.8, 4) is 0 Å². The second-order valence-corrected chi connectivity index (χ2v) is 5.14. The van der Waals surface area contributed by atoms with E-state index in [-0.39, 0.29) is 18.3 Å². The Hall–Kier alpha value is -1.96. The number of nitrogens with one attached hydrogen (secondary N) is 2. The molecule has 5 nitrogen and oxygen atoms in total. The summed E-state index contributed by atoms with van der Waals surface area (Å²) in [6, 6.07) is 2.25. The van der Waals surface area contributed by atoms with E-state index in [9.17, 15) is 18.0 Å². The fourth-order valence-corrected chi connectivity index (χ4v) is 1.85. The standard InChI is InChI=1S/C14H20F3N3O2/c1-9(6-7-21)18-13(22)19-11-8-10(14(15,16)17)4-5-12(11)20(2)3/h4-5,8-9,21H,6-7H2,1-3H3,(H2,18,19,22)/t9-/m0/s1. The van der Waals surface area contributed by atoms with Gasteiger partial charge in [0.15, 0.2) is 0 Å². The average Bonchev–Trinajstić information content (AvgIpc) is 2.37. The van der Waals surface area contributed by atoms with Gasteiger partial charge < -0.3 is 20.6 Å². The van der Waals surface area contributed by atoms with Crippen LogP contribution in [0.1, 0.15) is 18.9 Å². The van der Waals surface area contributed by atoms with Crippen molar-refractivity contribution in [3.05, 3.63) is 23.8 Å². The molecule has 1 aromatic carbocycles. The van der Waals surface area contributed by atoms with E-state index in [1.165, 1.54) is 6.07 Å². The number of halogens is 3. The van der Waals surface area contributed by atoms with Gasteiger partial charge in [0.1, 0.15) is 0 Å². The van der Waals surface area contributed by atoms with Crippen LogP contribution < -0.4 is 15.5 Å². The Labute approximate surface area is 127 Å². The number of benzene rings is 1. The van der Waals surface area contributed by atoms with E-state index < -0.39 is 17.8 Å². The highest BCUT2D eigenvalue weighted by Gasteiger charge is 2.31. The lowest BCUT2D eigenvalue weighted by Crippen LogP contribution is -2.37. The van der Waals surface area contributed by atoms with Gasteiger partial charge in [-0.15, -0.1) is 0 Å². The summed E-state index contributed by atoms with van der Waals surface area (Å²) in [5.41, 5.74) is -0.316. The summed E-state index contributed by atoms with van der Waals surface area (Å²) in [4.78, 5) is 13.4. The summed E-state index contributed by atoms with van der Waals surface area (Å²) in [6.45, 7) is 1.60. The maximum atomic E-state index is 12.8. The third-order valence-electron chi connectivity index (χ3n) is 2.99. The summed E-state index contributed by atoms with van der Waals surface area (Å²) < 4.78 is 38.3. The molecule has 0 aromatic heterocycles. The number of hydrogen-bond donors (Lipinski definition) is 3. The normalized spacial score (nSPS) is 12.7. The minimum Gasteiger partial charge on any atom is -0.396 e. The SMILES string of the molecule is C[C@@H](CCO)NC(=O)Nc1cc(C(F)(F)F)ccc1N(C)C. The molecule has 1 rings (SSSR count). The highest BCUT2D eigenvalue weighted by atomic mass is 19.4. The number of carbonyl (C=O) groups is 1. The third kappa shape index (κ3) is 5.10. The van der Waals surface area contributed by atoms with E-state index >= 15 is 0 Å². The second kappa shape index (κ2) is 7.35. The molecule has 8 heteroatoms. The lowest BCUT2D eigenvalue weighted by Gasteiger charge is -2.21. The Morgan fingerprint density at radius 2 is 2.00 bits per heavy atom. The van der Waals surface area contributed by atoms with Gasteiger partial charge in [0, 0.05) is 26.7 Å².